The van der Waals surface area contributed by atoms with Gasteiger partial charge in [-0.2, -0.15) is 0 Å². The Bertz CT molecular complexity index is 1050. The van der Waals surface area contributed by atoms with Crippen LogP contribution in [0.15, 0.2) is 60.7 Å². The van der Waals surface area contributed by atoms with Gasteiger partial charge in [-0.15, -0.1) is 0 Å². The molecule has 3 N–H and O–H groups in total. The van der Waals surface area contributed by atoms with E-state index in [0.29, 0.717) is 17.8 Å². The highest BCUT2D eigenvalue weighted by Crippen LogP contribution is 2.29. The van der Waals surface area contributed by atoms with Gasteiger partial charge in [-0.25, -0.2) is 4.39 Å². The SMILES string of the molecule is Cc1ccccc1CNc1ccccc1NC(=O)c1cc(F)cc2c1NCCC2. The van der Waals surface area contributed by atoms with Crippen LogP contribution in [0.1, 0.15) is 33.5 Å². The highest BCUT2D eigenvalue weighted by molar-refractivity contribution is 6.09. The van der Waals surface area contributed by atoms with Crippen molar-refractivity contribution in [3.63, 3.8) is 0 Å². The van der Waals surface area contributed by atoms with Crippen molar-refractivity contribution in [2.45, 2.75) is 26.3 Å². The fourth-order valence-corrected chi connectivity index (χ4v) is 3.68. The number of carbonyl (C=O) groups is 1. The second-order valence-corrected chi connectivity index (χ2v) is 7.30. The van der Waals surface area contributed by atoms with Crippen LogP contribution >= 0.6 is 0 Å². The van der Waals surface area contributed by atoms with Gasteiger partial charge in [-0.3, -0.25) is 4.79 Å². The summed E-state index contributed by atoms with van der Waals surface area (Å²) < 4.78 is 14.1. The number of amides is 1. The molecule has 5 heteroatoms. The van der Waals surface area contributed by atoms with Crippen molar-refractivity contribution in [1.29, 1.82) is 0 Å². The number of fused-ring (bicyclic) bond motifs is 1. The first-order valence-corrected chi connectivity index (χ1v) is 9.87. The summed E-state index contributed by atoms with van der Waals surface area (Å²) in [5.74, 6) is -0.705. The summed E-state index contributed by atoms with van der Waals surface area (Å²) in [5, 5.41) is 9.59. The molecular weight excluding hydrogens is 365 g/mol. The molecule has 3 aromatic carbocycles. The van der Waals surface area contributed by atoms with E-state index < -0.39 is 0 Å². The van der Waals surface area contributed by atoms with Crippen LogP contribution < -0.4 is 16.0 Å². The Balaban J connectivity index is 1.55. The molecule has 0 fully saturated rings. The molecule has 29 heavy (non-hydrogen) atoms. The third-order valence-electron chi connectivity index (χ3n) is 5.26. The molecule has 148 valence electrons. The van der Waals surface area contributed by atoms with Gasteiger partial charge in [0.2, 0.25) is 0 Å². The van der Waals surface area contributed by atoms with Crippen LogP contribution in [0.25, 0.3) is 0 Å². The molecule has 3 aromatic rings. The average Bonchev–Trinajstić information content (AvgIpc) is 2.73. The minimum absolute atomic E-state index is 0.319. The second kappa shape index (κ2) is 8.35. The van der Waals surface area contributed by atoms with E-state index in [4.69, 9.17) is 0 Å². The molecule has 0 unspecified atom stereocenters. The predicted octanol–water partition coefficient (Wildman–Crippen LogP) is 5.36. The lowest BCUT2D eigenvalue weighted by atomic mass is 9.98. The molecule has 4 nitrogen and oxygen atoms in total. The molecule has 0 bridgehead atoms. The first-order valence-electron chi connectivity index (χ1n) is 9.87. The zero-order valence-electron chi connectivity index (χ0n) is 16.4. The van der Waals surface area contributed by atoms with Crippen molar-refractivity contribution in [3.8, 4) is 0 Å². The Morgan fingerprint density at radius 3 is 2.66 bits per heavy atom. The van der Waals surface area contributed by atoms with Gasteiger partial charge in [0.05, 0.1) is 22.6 Å². The largest absolute Gasteiger partial charge is 0.384 e. The highest BCUT2D eigenvalue weighted by Gasteiger charge is 2.20. The van der Waals surface area contributed by atoms with Crippen molar-refractivity contribution < 1.29 is 9.18 Å². The van der Waals surface area contributed by atoms with Gasteiger partial charge < -0.3 is 16.0 Å². The number of nitrogens with one attached hydrogen (secondary N) is 3. The normalized spacial score (nSPS) is 12.6. The Kier molecular flexibility index (Phi) is 5.47. The molecule has 0 aliphatic carbocycles. The number of hydrogen-bond acceptors (Lipinski definition) is 3. The molecule has 1 aliphatic rings. The first-order chi connectivity index (χ1) is 14.1. The summed E-state index contributed by atoms with van der Waals surface area (Å²) in [6.45, 7) is 3.51. The summed E-state index contributed by atoms with van der Waals surface area (Å²) >= 11 is 0. The van der Waals surface area contributed by atoms with Crippen molar-refractivity contribution in [3.05, 3.63) is 88.7 Å². The van der Waals surface area contributed by atoms with Crippen LogP contribution in [0.2, 0.25) is 0 Å². The average molecular weight is 389 g/mol. The Hall–Kier alpha value is -3.34. The van der Waals surface area contributed by atoms with E-state index in [0.717, 1.165) is 36.3 Å². The molecule has 0 saturated carbocycles. The fraction of sp³-hybridized carbons (Fsp3) is 0.208. The van der Waals surface area contributed by atoms with Crippen LogP contribution in [0.3, 0.4) is 0 Å². The van der Waals surface area contributed by atoms with E-state index >= 15 is 0 Å². The van der Waals surface area contributed by atoms with E-state index in [1.807, 2.05) is 36.4 Å². The van der Waals surface area contributed by atoms with Crippen molar-refractivity contribution in [2.24, 2.45) is 0 Å². The van der Waals surface area contributed by atoms with Gasteiger partial charge in [0, 0.05) is 13.1 Å². The zero-order valence-corrected chi connectivity index (χ0v) is 16.4. The van der Waals surface area contributed by atoms with Gasteiger partial charge in [0.15, 0.2) is 0 Å². The summed E-state index contributed by atoms with van der Waals surface area (Å²) in [6.07, 6.45) is 1.71. The predicted molar refractivity (Wildman–Crippen MR) is 116 cm³/mol. The van der Waals surface area contributed by atoms with Crippen LogP contribution in [0.5, 0.6) is 0 Å². The molecule has 0 saturated heterocycles. The van der Waals surface area contributed by atoms with E-state index in [-0.39, 0.29) is 11.7 Å². The number of hydrogen-bond donors (Lipinski definition) is 3. The van der Waals surface area contributed by atoms with Crippen molar-refractivity contribution in [2.75, 3.05) is 22.5 Å². The van der Waals surface area contributed by atoms with Crippen LogP contribution in [0.4, 0.5) is 21.5 Å². The Labute approximate surface area is 170 Å². The number of anilines is 3. The molecule has 1 heterocycles. The summed E-state index contributed by atoms with van der Waals surface area (Å²) in [6, 6.07) is 18.5. The third-order valence-corrected chi connectivity index (χ3v) is 5.26. The number of para-hydroxylation sites is 2. The molecule has 4 rings (SSSR count). The lowest BCUT2D eigenvalue weighted by Crippen LogP contribution is -2.20. The molecule has 0 radical (unpaired) electrons. The third kappa shape index (κ3) is 4.24. The molecular formula is C24H24FN3O. The smallest absolute Gasteiger partial charge is 0.257 e. The molecule has 1 aliphatic heterocycles. The van der Waals surface area contributed by atoms with Gasteiger partial charge in [-0.1, -0.05) is 36.4 Å². The second-order valence-electron chi connectivity index (χ2n) is 7.30. The number of aryl methyl sites for hydroxylation is 2. The van der Waals surface area contributed by atoms with Crippen molar-refractivity contribution in [1.82, 2.24) is 0 Å². The van der Waals surface area contributed by atoms with Crippen LogP contribution in [-0.2, 0) is 13.0 Å². The number of rotatable bonds is 5. The topological polar surface area (TPSA) is 53.2 Å². The zero-order chi connectivity index (χ0) is 20.2. The van der Waals surface area contributed by atoms with E-state index in [9.17, 15) is 9.18 Å². The van der Waals surface area contributed by atoms with Gasteiger partial charge in [0.1, 0.15) is 5.82 Å². The standard InChI is InChI=1S/C24H24FN3O/c1-16-7-2-3-8-18(16)15-27-21-10-4-5-11-22(21)28-24(29)20-14-19(25)13-17-9-6-12-26-23(17)20/h2-5,7-8,10-11,13-14,26-27H,6,9,12,15H2,1H3,(H,28,29). The minimum Gasteiger partial charge on any atom is -0.384 e. The van der Waals surface area contributed by atoms with E-state index in [1.54, 1.807) is 0 Å². The van der Waals surface area contributed by atoms with E-state index in [2.05, 4.69) is 35.0 Å². The molecule has 0 atom stereocenters. The van der Waals surface area contributed by atoms with Gasteiger partial charge in [-0.05, 0) is 60.7 Å². The fourth-order valence-electron chi connectivity index (χ4n) is 3.68. The Morgan fingerprint density at radius 1 is 1.07 bits per heavy atom. The molecule has 0 aromatic heterocycles. The van der Waals surface area contributed by atoms with Crippen LogP contribution in [-0.4, -0.2) is 12.5 Å². The van der Waals surface area contributed by atoms with Crippen molar-refractivity contribution >= 4 is 23.0 Å². The maximum absolute atomic E-state index is 14.1. The number of benzene rings is 3. The lowest BCUT2D eigenvalue weighted by molar-refractivity contribution is 0.102. The highest BCUT2D eigenvalue weighted by atomic mass is 19.1. The number of halogens is 1. The summed E-state index contributed by atoms with van der Waals surface area (Å²) in [7, 11) is 0. The van der Waals surface area contributed by atoms with E-state index in [1.165, 1.54) is 23.3 Å². The Morgan fingerprint density at radius 2 is 1.83 bits per heavy atom. The quantitative estimate of drug-likeness (QED) is 0.551. The minimum atomic E-state index is -0.386. The monoisotopic (exact) mass is 389 g/mol. The molecule has 1 amide bonds. The summed E-state index contributed by atoms with van der Waals surface area (Å²) in [5.41, 5.74) is 5.82. The maximum Gasteiger partial charge on any atom is 0.257 e. The van der Waals surface area contributed by atoms with Gasteiger partial charge >= 0.3 is 0 Å². The maximum atomic E-state index is 14.1. The number of carbonyl (C=O) groups excluding carboxylic acids is 1. The van der Waals surface area contributed by atoms with Gasteiger partial charge in [0.25, 0.3) is 5.91 Å². The summed E-state index contributed by atoms with van der Waals surface area (Å²) in [4.78, 5) is 13.0. The first kappa shape index (κ1) is 19.0. The lowest BCUT2D eigenvalue weighted by Gasteiger charge is -2.21. The van der Waals surface area contributed by atoms with Crippen LogP contribution in [0, 0.1) is 12.7 Å². The molecule has 0 spiro atoms.